The molecule has 20 heavy (non-hydrogen) atoms. The molecule has 1 aromatic rings. The van der Waals surface area contributed by atoms with Gasteiger partial charge in [0.2, 0.25) is 0 Å². The fourth-order valence-electron chi connectivity index (χ4n) is 1.63. The number of hydrogen-bond acceptors (Lipinski definition) is 2. The fourth-order valence-corrected chi connectivity index (χ4v) is 1.79. The molecule has 1 rings (SSSR count). The normalized spacial score (nSPS) is 12.3. The lowest BCUT2D eigenvalue weighted by atomic mass is 10.0. The van der Waals surface area contributed by atoms with Crippen LogP contribution in [0.1, 0.15) is 30.6 Å². The van der Waals surface area contributed by atoms with E-state index in [4.69, 9.17) is 16.7 Å². The van der Waals surface area contributed by atoms with Crippen LogP contribution >= 0.6 is 11.6 Å². The number of nitrogens with one attached hydrogen (secondary N) is 1. The van der Waals surface area contributed by atoms with E-state index in [-0.39, 0.29) is 12.3 Å². The minimum atomic E-state index is -1.22. The molecule has 0 fully saturated rings. The number of carbonyl (C=O) groups excluding carboxylic acids is 1. The average molecular weight is 306 g/mol. The molecular formula is C13H14ClF2NO3. The molecule has 0 heterocycles. The maximum atomic E-state index is 13.6. The van der Waals surface area contributed by atoms with Crippen molar-refractivity contribution in [3.8, 4) is 0 Å². The molecule has 1 amide bonds. The van der Waals surface area contributed by atoms with E-state index in [1.165, 1.54) is 0 Å². The van der Waals surface area contributed by atoms with Crippen molar-refractivity contribution in [2.45, 2.75) is 26.3 Å². The van der Waals surface area contributed by atoms with Crippen molar-refractivity contribution >= 4 is 23.5 Å². The summed E-state index contributed by atoms with van der Waals surface area (Å²) >= 11 is 5.36. The summed E-state index contributed by atoms with van der Waals surface area (Å²) in [6.07, 6.45) is 0.192. The van der Waals surface area contributed by atoms with Crippen LogP contribution in [0, 0.1) is 17.6 Å². The van der Waals surface area contributed by atoms with Crippen LogP contribution in [0.5, 0.6) is 0 Å². The summed E-state index contributed by atoms with van der Waals surface area (Å²) in [4.78, 5) is 22.8. The molecule has 0 unspecified atom stereocenters. The summed E-state index contributed by atoms with van der Waals surface area (Å²) in [6, 6.07) is 0.615. The summed E-state index contributed by atoms with van der Waals surface area (Å²) in [5, 5.41) is 10.4. The van der Waals surface area contributed by atoms with Crippen LogP contribution < -0.4 is 5.32 Å². The Morgan fingerprint density at radius 2 is 1.95 bits per heavy atom. The van der Waals surface area contributed by atoms with Gasteiger partial charge in [0.1, 0.15) is 16.9 Å². The second-order valence-electron chi connectivity index (χ2n) is 4.72. The third-order valence-corrected chi connectivity index (χ3v) is 2.94. The van der Waals surface area contributed by atoms with E-state index < -0.39 is 40.1 Å². The average Bonchev–Trinajstić information content (AvgIpc) is 2.34. The molecule has 1 aromatic carbocycles. The topological polar surface area (TPSA) is 66.4 Å². The van der Waals surface area contributed by atoms with Gasteiger partial charge in [-0.3, -0.25) is 4.79 Å². The third kappa shape index (κ3) is 3.90. The Kier molecular flexibility index (Phi) is 5.44. The van der Waals surface area contributed by atoms with E-state index >= 15 is 0 Å². The first-order valence-electron chi connectivity index (χ1n) is 5.91. The van der Waals surface area contributed by atoms with Crippen molar-refractivity contribution in [2.75, 3.05) is 0 Å². The van der Waals surface area contributed by atoms with Gasteiger partial charge in [-0.15, -0.1) is 0 Å². The van der Waals surface area contributed by atoms with Gasteiger partial charge in [-0.2, -0.15) is 0 Å². The van der Waals surface area contributed by atoms with Crippen LogP contribution in [0.25, 0.3) is 0 Å². The highest BCUT2D eigenvalue weighted by atomic mass is 35.5. The zero-order valence-electron chi connectivity index (χ0n) is 10.9. The molecular weight excluding hydrogens is 292 g/mol. The zero-order chi connectivity index (χ0) is 15.4. The van der Waals surface area contributed by atoms with E-state index in [2.05, 4.69) is 5.32 Å². The van der Waals surface area contributed by atoms with Crippen molar-refractivity contribution < 1.29 is 23.5 Å². The van der Waals surface area contributed by atoms with E-state index in [0.29, 0.717) is 0 Å². The molecule has 0 saturated heterocycles. The first-order chi connectivity index (χ1) is 9.23. The second kappa shape index (κ2) is 6.65. The third-order valence-electron chi connectivity index (χ3n) is 2.59. The Hall–Kier alpha value is -1.69. The highest BCUT2D eigenvalue weighted by Gasteiger charge is 2.24. The number of carboxylic acid groups (broad SMARTS) is 1. The van der Waals surface area contributed by atoms with Gasteiger partial charge in [0.15, 0.2) is 5.82 Å². The van der Waals surface area contributed by atoms with E-state index in [1.807, 2.05) is 0 Å². The minimum absolute atomic E-state index is 0.0260. The number of hydrogen-bond donors (Lipinski definition) is 2. The fraction of sp³-hybridized carbons (Fsp3) is 0.385. The lowest BCUT2D eigenvalue weighted by molar-refractivity contribution is -0.139. The van der Waals surface area contributed by atoms with Gasteiger partial charge in [0.25, 0.3) is 5.91 Å². The Morgan fingerprint density at radius 1 is 1.35 bits per heavy atom. The maximum absolute atomic E-state index is 13.6. The molecule has 0 spiro atoms. The summed E-state index contributed by atoms with van der Waals surface area (Å²) in [5.41, 5.74) is -0.494. The molecule has 7 heteroatoms. The number of aliphatic carboxylic acids is 1. The molecule has 0 bridgehead atoms. The van der Waals surface area contributed by atoms with Crippen molar-refractivity contribution in [3.63, 3.8) is 0 Å². The molecule has 110 valence electrons. The highest BCUT2D eigenvalue weighted by molar-refractivity contribution is 6.31. The van der Waals surface area contributed by atoms with Crippen molar-refractivity contribution in [2.24, 2.45) is 5.92 Å². The van der Waals surface area contributed by atoms with Gasteiger partial charge < -0.3 is 10.4 Å². The van der Waals surface area contributed by atoms with Crippen LogP contribution in [0.3, 0.4) is 0 Å². The van der Waals surface area contributed by atoms with Crippen LogP contribution in [-0.4, -0.2) is 23.0 Å². The number of halogens is 3. The van der Waals surface area contributed by atoms with Crippen LogP contribution in [0.4, 0.5) is 8.78 Å². The van der Waals surface area contributed by atoms with Crippen LogP contribution in [-0.2, 0) is 4.79 Å². The number of carboxylic acids is 1. The smallest absolute Gasteiger partial charge is 0.326 e. The molecule has 2 N–H and O–H groups in total. The quantitative estimate of drug-likeness (QED) is 0.822. The van der Waals surface area contributed by atoms with Crippen molar-refractivity contribution in [3.05, 3.63) is 34.4 Å². The molecule has 0 radical (unpaired) electrons. The largest absolute Gasteiger partial charge is 0.480 e. The molecule has 0 aromatic heterocycles. The number of benzene rings is 1. The lowest BCUT2D eigenvalue weighted by Gasteiger charge is -2.16. The van der Waals surface area contributed by atoms with Crippen LogP contribution in [0.2, 0.25) is 5.02 Å². The molecule has 0 aliphatic heterocycles. The number of amides is 1. The van der Waals surface area contributed by atoms with E-state index in [1.54, 1.807) is 13.8 Å². The molecule has 4 nitrogen and oxygen atoms in total. The van der Waals surface area contributed by atoms with Gasteiger partial charge in [-0.25, -0.2) is 13.6 Å². The SMILES string of the molecule is CC(C)C[C@H](NC(=O)c1ccc(F)c(Cl)c1F)C(=O)O. The highest BCUT2D eigenvalue weighted by Crippen LogP contribution is 2.22. The number of rotatable bonds is 5. The molecule has 0 aliphatic carbocycles. The maximum Gasteiger partial charge on any atom is 0.326 e. The Morgan fingerprint density at radius 3 is 2.45 bits per heavy atom. The lowest BCUT2D eigenvalue weighted by Crippen LogP contribution is -2.42. The molecule has 0 aliphatic rings. The minimum Gasteiger partial charge on any atom is -0.480 e. The van der Waals surface area contributed by atoms with Crippen molar-refractivity contribution in [1.29, 1.82) is 0 Å². The first-order valence-corrected chi connectivity index (χ1v) is 6.29. The predicted molar refractivity (Wildman–Crippen MR) is 69.7 cm³/mol. The molecule has 1 atom stereocenters. The summed E-state index contributed by atoms with van der Waals surface area (Å²) in [6.45, 7) is 3.58. The van der Waals surface area contributed by atoms with Gasteiger partial charge in [-0.1, -0.05) is 25.4 Å². The standard InChI is InChI=1S/C13H14ClF2NO3/c1-6(2)5-9(13(19)20)17-12(18)7-3-4-8(15)10(14)11(7)16/h3-4,6,9H,5H2,1-2H3,(H,17,18)(H,19,20)/t9-/m0/s1. The van der Waals surface area contributed by atoms with Gasteiger partial charge in [0, 0.05) is 0 Å². The van der Waals surface area contributed by atoms with E-state index in [0.717, 1.165) is 12.1 Å². The second-order valence-corrected chi connectivity index (χ2v) is 5.09. The van der Waals surface area contributed by atoms with E-state index in [9.17, 15) is 18.4 Å². The summed E-state index contributed by atoms with van der Waals surface area (Å²) in [7, 11) is 0. The van der Waals surface area contributed by atoms with Gasteiger partial charge in [-0.05, 0) is 24.5 Å². The number of carbonyl (C=O) groups is 2. The summed E-state index contributed by atoms with van der Waals surface area (Å²) < 4.78 is 26.6. The van der Waals surface area contributed by atoms with Crippen LogP contribution in [0.15, 0.2) is 12.1 Å². The first kappa shape index (κ1) is 16.4. The summed E-state index contributed by atoms with van der Waals surface area (Å²) in [5.74, 6) is -4.34. The van der Waals surface area contributed by atoms with Crippen molar-refractivity contribution in [1.82, 2.24) is 5.32 Å². The Balaban J connectivity index is 2.95. The Bertz CT molecular complexity index is 535. The molecule has 0 saturated carbocycles. The predicted octanol–water partition coefficient (Wildman–Crippen LogP) is 2.85. The Labute approximate surface area is 119 Å². The monoisotopic (exact) mass is 305 g/mol. The van der Waals surface area contributed by atoms with Gasteiger partial charge in [0.05, 0.1) is 5.56 Å². The van der Waals surface area contributed by atoms with Gasteiger partial charge >= 0.3 is 5.97 Å². The zero-order valence-corrected chi connectivity index (χ0v) is 11.7.